The molecule has 3 aromatic rings. The molecule has 2 heterocycles. The van der Waals surface area contributed by atoms with E-state index in [1.54, 1.807) is 36.4 Å². The van der Waals surface area contributed by atoms with Crippen LogP contribution in [-0.4, -0.2) is 37.9 Å². The summed E-state index contributed by atoms with van der Waals surface area (Å²) in [4.78, 5) is 8.03. The van der Waals surface area contributed by atoms with Gasteiger partial charge in [0.15, 0.2) is 0 Å². The molecule has 0 spiro atoms. The standard InChI is InChI=1S/C21H19F2N5O3S/c1-27-19-8-13(2-5-18(19)28(32(27,29)30)12-14-10-21(14,22)23)16-9-15(3-4-17(16)24)31-20-11-25-6-7-26-20/h2-9,11,14H,10,12,24H2,1H3. The van der Waals surface area contributed by atoms with Gasteiger partial charge in [0.2, 0.25) is 5.88 Å². The van der Waals surface area contributed by atoms with Gasteiger partial charge in [-0.2, -0.15) is 8.42 Å². The summed E-state index contributed by atoms with van der Waals surface area (Å²) < 4.78 is 60.4. The van der Waals surface area contributed by atoms with Gasteiger partial charge in [0.1, 0.15) is 5.75 Å². The topological polar surface area (TPSA) is 102 Å². The van der Waals surface area contributed by atoms with Crippen LogP contribution in [0, 0.1) is 5.92 Å². The number of hydrogen-bond acceptors (Lipinski definition) is 6. The molecule has 1 saturated carbocycles. The summed E-state index contributed by atoms with van der Waals surface area (Å²) in [5.41, 5.74) is 8.69. The zero-order valence-electron chi connectivity index (χ0n) is 16.9. The van der Waals surface area contributed by atoms with Crippen LogP contribution in [0.25, 0.3) is 11.1 Å². The molecule has 1 unspecified atom stereocenters. The molecular formula is C21H19F2N5O3S. The van der Waals surface area contributed by atoms with Gasteiger partial charge in [-0.3, -0.25) is 13.6 Å². The van der Waals surface area contributed by atoms with E-state index in [0.717, 1.165) is 8.61 Å². The summed E-state index contributed by atoms with van der Waals surface area (Å²) >= 11 is 0. The van der Waals surface area contributed by atoms with Crippen molar-refractivity contribution in [3.63, 3.8) is 0 Å². The highest BCUT2D eigenvalue weighted by Crippen LogP contribution is 2.52. The van der Waals surface area contributed by atoms with Crippen LogP contribution in [0.3, 0.4) is 0 Å². The second-order valence-corrected chi connectivity index (χ2v) is 9.65. The maximum Gasteiger partial charge on any atom is 0.326 e. The molecule has 1 aliphatic carbocycles. The minimum Gasteiger partial charge on any atom is -0.437 e. The molecule has 1 aromatic heterocycles. The fourth-order valence-electron chi connectivity index (χ4n) is 3.72. The van der Waals surface area contributed by atoms with Gasteiger partial charge in [0.05, 0.1) is 17.6 Å². The van der Waals surface area contributed by atoms with Crippen LogP contribution in [0.1, 0.15) is 6.42 Å². The molecule has 5 rings (SSSR count). The zero-order valence-corrected chi connectivity index (χ0v) is 17.8. The molecule has 1 fully saturated rings. The first kappa shape index (κ1) is 20.4. The van der Waals surface area contributed by atoms with Crippen molar-refractivity contribution in [2.24, 2.45) is 5.92 Å². The molecule has 1 aliphatic heterocycles. The number of halogens is 2. The Kier molecular flexibility index (Phi) is 4.48. The molecule has 2 aliphatic rings. The van der Waals surface area contributed by atoms with E-state index in [0.29, 0.717) is 39.8 Å². The molecule has 8 nitrogen and oxygen atoms in total. The number of hydrogen-bond donors (Lipinski definition) is 1. The summed E-state index contributed by atoms with van der Waals surface area (Å²) in [7, 11) is -2.52. The van der Waals surface area contributed by atoms with Gasteiger partial charge < -0.3 is 10.5 Å². The first-order valence-electron chi connectivity index (χ1n) is 9.79. The van der Waals surface area contributed by atoms with Crippen LogP contribution >= 0.6 is 0 Å². The molecular weight excluding hydrogens is 440 g/mol. The van der Waals surface area contributed by atoms with Crippen LogP contribution in [0.2, 0.25) is 0 Å². The molecule has 32 heavy (non-hydrogen) atoms. The van der Waals surface area contributed by atoms with Crippen LogP contribution in [-0.2, 0) is 10.2 Å². The Bertz CT molecular complexity index is 1300. The molecule has 2 aromatic carbocycles. The third-order valence-corrected chi connectivity index (χ3v) is 7.44. The van der Waals surface area contributed by atoms with Gasteiger partial charge in [0, 0.05) is 49.6 Å². The number of nitrogens with two attached hydrogens (primary N) is 1. The largest absolute Gasteiger partial charge is 0.437 e. The number of benzene rings is 2. The van der Waals surface area contributed by atoms with Gasteiger partial charge >= 0.3 is 10.2 Å². The third-order valence-electron chi connectivity index (χ3n) is 5.65. The van der Waals surface area contributed by atoms with E-state index in [1.165, 1.54) is 25.6 Å². The second kappa shape index (κ2) is 7.02. The Morgan fingerprint density at radius 2 is 1.97 bits per heavy atom. The fraction of sp³-hybridized carbons (Fsp3) is 0.238. The van der Waals surface area contributed by atoms with Gasteiger partial charge in [-0.25, -0.2) is 13.8 Å². The van der Waals surface area contributed by atoms with E-state index in [9.17, 15) is 17.2 Å². The third kappa shape index (κ3) is 3.38. The summed E-state index contributed by atoms with van der Waals surface area (Å²) in [5.74, 6) is -2.99. The predicted octanol–water partition coefficient (Wildman–Crippen LogP) is 3.67. The molecule has 0 saturated heterocycles. The number of nitrogen functional groups attached to an aromatic ring is 1. The Balaban J connectivity index is 1.49. The highest BCUT2D eigenvalue weighted by Gasteiger charge is 2.59. The molecule has 0 amide bonds. The Labute approximate surface area is 183 Å². The first-order chi connectivity index (χ1) is 15.2. The van der Waals surface area contributed by atoms with Gasteiger partial charge in [-0.05, 0) is 35.9 Å². The van der Waals surface area contributed by atoms with Crippen molar-refractivity contribution in [3.8, 4) is 22.8 Å². The number of anilines is 3. The predicted molar refractivity (Wildman–Crippen MR) is 116 cm³/mol. The molecule has 1 atom stereocenters. The van der Waals surface area contributed by atoms with E-state index in [4.69, 9.17) is 10.5 Å². The monoisotopic (exact) mass is 459 g/mol. The lowest BCUT2D eigenvalue weighted by atomic mass is 10.0. The number of aromatic nitrogens is 2. The average Bonchev–Trinajstić information content (AvgIpc) is 3.33. The lowest BCUT2D eigenvalue weighted by Crippen LogP contribution is -2.37. The maximum absolute atomic E-state index is 13.4. The number of ether oxygens (including phenoxy) is 1. The fourth-order valence-corrected chi connectivity index (χ4v) is 5.18. The number of nitrogens with zero attached hydrogens (tertiary/aromatic N) is 4. The van der Waals surface area contributed by atoms with Crippen molar-refractivity contribution in [1.29, 1.82) is 0 Å². The van der Waals surface area contributed by atoms with Crippen molar-refractivity contribution in [2.45, 2.75) is 12.3 Å². The highest BCUT2D eigenvalue weighted by atomic mass is 32.2. The Morgan fingerprint density at radius 1 is 1.19 bits per heavy atom. The second-order valence-electron chi connectivity index (χ2n) is 7.77. The summed E-state index contributed by atoms with van der Waals surface area (Å²) in [6.07, 6.45) is 4.21. The Hall–Kier alpha value is -3.47. The van der Waals surface area contributed by atoms with E-state index in [2.05, 4.69) is 9.97 Å². The SMILES string of the molecule is CN1c2cc(-c3cc(Oc4cnccn4)ccc3N)ccc2N(CC2CC2(F)F)S1(=O)=O. The van der Waals surface area contributed by atoms with Crippen LogP contribution in [0.5, 0.6) is 11.6 Å². The number of rotatable bonds is 5. The van der Waals surface area contributed by atoms with Crippen molar-refractivity contribution < 1.29 is 21.9 Å². The van der Waals surface area contributed by atoms with E-state index >= 15 is 0 Å². The minimum atomic E-state index is -3.93. The quantitative estimate of drug-likeness (QED) is 0.584. The molecule has 166 valence electrons. The van der Waals surface area contributed by atoms with Gasteiger partial charge in [-0.1, -0.05) is 6.07 Å². The molecule has 2 N–H and O–H groups in total. The summed E-state index contributed by atoms with van der Waals surface area (Å²) in [6, 6.07) is 10.1. The smallest absolute Gasteiger partial charge is 0.326 e. The van der Waals surface area contributed by atoms with Crippen molar-refractivity contribution in [2.75, 3.05) is 27.9 Å². The van der Waals surface area contributed by atoms with Crippen molar-refractivity contribution >= 4 is 27.3 Å². The van der Waals surface area contributed by atoms with Gasteiger partial charge in [0.25, 0.3) is 5.92 Å². The maximum atomic E-state index is 13.4. The average molecular weight is 459 g/mol. The lowest BCUT2D eigenvalue weighted by molar-refractivity contribution is 0.101. The zero-order chi connectivity index (χ0) is 22.7. The Morgan fingerprint density at radius 3 is 2.66 bits per heavy atom. The van der Waals surface area contributed by atoms with E-state index in [-0.39, 0.29) is 13.0 Å². The minimum absolute atomic E-state index is 0.254. The van der Waals surface area contributed by atoms with Crippen LogP contribution < -0.4 is 19.1 Å². The van der Waals surface area contributed by atoms with Crippen LogP contribution in [0.4, 0.5) is 25.8 Å². The summed E-state index contributed by atoms with van der Waals surface area (Å²) in [5, 5.41) is 0. The van der Waals surface area contributed by atoms with Crippen LogP contribution in [0.15, 0.2) is 55.0 Å². The summed E-state index contributed by atoms with van der Waals surface area (Å²) in [6.45, 7) is -0.254. The number of alkyl halides is 2. The van der Waals surface area contributed by atoms with E-state index < -0.39 is 22.0 Å². The molecule has 0 radical (unpaired) electrons. The number of fused-ring (bicyclic) bond motifs is 1. The highest BCUT2D eigenvalue weighted by molar-refractivity contribution is 7.94. The van der Waals surface area contributed by atoms with Crippen molar-refractivity contribution in [3.05, 3.63) is 55.0 Å². The molecule has 11 heteroatoms. The van der Waals surface area contributed by atoms with Crippen molar-refractivity contribution in [1.82, 2.24) is 9.97 Å². The normalized spacial score (nSPS) is 20.2. The lowest BCUT2D eigenvalue weighted by Gasteiger charge is -2.18. The molecule has 0 bridgehead atoms. The van der Waals surface area contributed by atoms with Gasteiger partial charge in [-0.15, -0.1) is 0 Å². The first-order valence-corrected chi connectivity index (χ1v) is 11.2. The van der Waals surface area contributed by atoms with E-state index in [1.807, 2.05) is 0 Å².